The van der Waals surface area contributed by atoms with Crippen molar-refractivity contribution in [2.24, 2.45) is 11.7 Å². The molecule has 0 bridgehead atoms. The minimum absolute atomic E-state index is 0.0810. The molecule has 1 unspecified atom stereocenters. The van der Waals surface area contributed by atoms with E-state index in [0.717, 1.165) is 13.0 Å². The van der Waals surface area contributed by atoms with E-state index in [9.17, 15) is 4.79 Å². The van der Waals surface area contributed by atoms with Gasteiger partial charge >= 0.3 is 0 Å². The Balaban J connectivity index is 2.59. The number of hydrogen-bond donors (Lipinski definition) is 1. The molecule has 2 N–H and O–H groups in total. The maximum absolute atomic E-state index is 12.3. The molecule has 0 aromatic heterocycles. The highest BCUT2D eigenvalue weighted by atomic mass is 16.2. The third-order valence-corrected chi connectivity index (χ3v) is 4.68. The summed E-state index contributed by atoms with van der Waals surface area (Å²) in [5.74, 6) is 0.328. The van der Waals surface area contributed by atoms with Gasteiger partial charge in [-0.05, 0) is 39.3 Å². The van der Waals surface area contributed by atoms with Crippen molar-refractivity contribution >= 4 is 5.91 Å². The zero-order valence-electron chi connectivity index (χ0n) is 12.6. The van der Waals surface area contributed by atoms with Gasteiger partial charge in [0.05, 0.1) is 6.04 Å². The number of hydrogen-bond acceptors (Lipinski definition) is 3. The fourth-order valence-electron chi connectivity index (χ4n) is 2.60. The third kappa shape index (κ3) is 3.04. The van der Waals surface area contributed by atoms with E-state index < -0.39 is 0 Å². The van der Waals surface area contributed by atoms with Crippen LogP contribution in [0.5, 0.6) is 0 Å². The summed E-state index contributed by atoms with van der Waals surface area (Å²) in [5.41, 5.74) is 6.20. The molecule has 4 heteroatoms. The summed E-state index contributed by atoms with van der Waals surface area (Å²) in [5, 5.41) is 0. The zero-order chi connectivity index (χ0) is 13.9. The Labute approximate surface area is 111 Å². The van der Waals surface area contributed by atoms with Gasteiger partial charge in [-0.25, -0.2) is 0 Å². The smallest absolute Gasteiger partial charge is 0.239 e. The number of amides is 1. The van der Waals surface area contributed by atoms with Crippen molar-refractivity contribution in [3.63, 3.8) is 0 Å². The number of carbonyl (C=O) groups is 1. The van der Waals surface area contributed by atoms with Crippen molar-refractivity contribution in [1.29, 1.82) is 0 Å². The van der Waals surface area contributed by atoms with Gasteiger partial charge in [0.15, 0.2) is 0 Å². The molecule has 1 rings (SSSR count). The summed E-state index contributed by atoms with van der Waals surface area (Å²) in [7, 11) is 6.09. The first-order valence-electron chi connectivity index (χ1n) is 7.02. The van der Waals surface area contributed by atoms with Crippen LogP contribution in [0.3, 0.4) is 0 Å². The molecule has 0 saturated heterocycles. The summed E-state index contributed by atoms with van der Waals surface area (Å²) < 4.78 is 0. The van der Waals surface area contributed by atoms with Gasteiger partial charge < -0.3 is 15.5 Å². The average Bonchev–Trinajstić information content (AvgIpc) is 2.29. The van der Waals surface area contributed by atoms with Crippen molar-refractivity contribution in [3.8, 4) is 0 Å². The fourth-order valence-corrected chi connectivity index (χ4v) is 2.60. The largest absolute Gasteiger partial charge is 0.343 e. The lowest BCUT2D eigenvalue weighted by Gasteiger charge is -2.49. The van der Waals surface area contributed by atoms with E-state index in [4.69, 9.17) is 5.73 Å². The quantitative estimate of drug-likeness (QED) is 0.778. The molecule has 0 aromatic carbocycles. The minimum Gasteiger partial charge on any atom is -0.343 e. The Hall–Kier alpha value is -0.610. The molecule has 1 aliphatic rings. The summed E-state index contributed by atoms with van der Waals surface area (Å²) in [6.07, 6.45) is 4.56. The van der Waals surface area contributed by atoms with Gasteiger partial charge in [0, 0.05) is 19.1 Å². The third-order valence-electron chi connectivity index (χ3n) is 4.68. The van der Waals surface area contributed by atoms with Crippen LogP contribution in [0, 0.1) is 5.92 Å². The molecular weight excluding hydrogens is 226 g/mol. The molecule has 18 heavy (non-hydrogen) atoms. The van der Waals surface area contributed by atoms with Crippen molar-refractivity contribution in [1.82, 2.24) is 9.80 Å². The first-order valence-corrected chi connectivity index (χ1v) is 7.02. The van der Waals surface area contributed by atoms with Gasteiger partial charge in [-0.1, -0.05) is 20.3 Å². The van der Waals surface area contributed by atoms with Crippen LogP contribution in [0.4, 0.5) is 0 Å². The molecule has 0 aliphatic heterocycles. The van der Waals surface area contributed by atoms with Crippen LogP contribution in [0.25, 0.3) is 0 Å². The molecule has 1 saturated carbocycles. The number of nitrogens with zero attached hydrogens (tertiary/aromatic N) is 2. The van der Waals surface area contributed by atoms with Crippen LogP contribution in [0.15, 0.2) is 0 Å². The minimum atomic E-state index is -0.362. The lowest BCUT2D eigenvalue weighted by Crippen LogP contribution is -2.59. The number of carbonyl (C=O) groups excluding carboxylic acids is 1. The fraction of sp³-hybridized carbons (Fsp3) is 0.929. The Morgan fingerprint density at radius 3 is 2.22 bits per heavy atom. The van der Waals surface area contributed by atoms with Crippen molar-refractivity contribution in [2.45, 2.75) is 51.1 Å². The monoisotopic (exact) mass is 255 g/mol. The molecule has 1 amide bonds. The lowest BCUT2D eigenvalue weighted by atomic mass is 9.75. The van der Waals surface area contributed by atoms with Crippen LogP contribution >= 0.6 is 0 Å². The van der Waals surface area contributed by atoms with E-state index in [1.807, 2.05) is 18.9 Å². The standard InChI is InChI=1S/C14H29N3O/c1-6-11(2)12(15)13(18)17(5)10-14(16(3)4)8-7-9-14/h11-12H,6-10,15H2,1-5H3/t11?,12-/m0/s1. The molecule has 106 valence electrons. The van der Waals surface area contributed by atoms with Gasteiger partial charge in [-0.3, -0.25) is 4.79 Å². The normalized spacial score (nSPS) is 21.3. The summed E-state index contributed by atoms with van der Waals surface area (Å²) in [6, 6.07) is -0.362. The molecule has 0 heterocycles. The zero-order valence-corrected chi connectivity index (χ0v) is 12.6. The highest BCUT2D eigenvalue weighted by Crippen LogP contribution is 2.36. The molecule has 0 spiro atoms. The van der Waals surface area contributed by atoms with Crippen LogP contribution in [-0.2, 0) is 4.79 Å². The van der Waals surface area contributed by atoms with Crippen molar-refractivity contribution < 1.29 is 4.79 Å². The van der Waals surface area contributed by atoms with E-state index in [1.54, 1.807) is 0 Å². The van der Waals surface area contributed by atoms with Crippen LogP contribution < -0.4 is 5.73 Å². The number of likely N-dealkylation sites (N-methyl/N-ethyl adjacent to an activating group) is 2. The Kier molecular flexibility index (Phi) is 5.17. The van der Waals surface area contributed by atoms with Crippen molar-refractivity contribution in [2.75, 3.05) is 27.7 Å². The second kappa shape index (κ2) is 6.02. The van der Waals surface area contributed by atoms with Gasteiger partial charge in [-0.2, -0.15) is 0 Å². The van der Waals surface area contributed by atoms with E-state index in [-0.39, 0.29) is 23.4 Å². The maximum atomic E-state index is 12.3. The molecular formula is C14H29N3O. The van der Waals surface area contributed by atoms with Crippen LogP contribution in [0.2, 0.25) is 0 Å². The first kappa shape index (κ1) is 15.4. The Morgan fingerprint density at radius 2 is 1.89 bits per heavy atom. The van der Waals surface area contributed by atoms with E-state index in [0.29, 0.717) is 0 Å². The summed E-state index contributed by atoms with van der Waals surface area (Å²) in [4.78, 5) is 16.4. The van der Waals surface area contributed by atoms with Crippen molar-refractivity contribution in [3.05, 3.63) is 0 Å². The molecule has 0 aromatic rings. The molecule has 2 atom stereocenters. The second-order valence-electron chi connectivity index (χ2n) is 6.08. The molecule has 1 aliphatic carbocycles. The molecule has 0 radical (unpaired) electrons. The van der Waals surface area contributed by atoms with Gasteiger partial charge in [0.2, 0.25) is 5.91 Å². The highest BCUT2D eigenvalue weighted by molar-refractivity contribution is 5.81. The number of rotatable bonds is 6. The maximum Gasteiger partial charge on any atom is 0.239 e. The van der Waals surface area contributed by atoms with E-state index >= 15 is 0 Å². The lowest BCUT2D eigenvalue weighted by molar-refractivity contribution is -0.135. The summed E-state index contributed by atoms with van der Waals surface area (Å²) >= 11 is 0. The SMILES string of the molecule is CCC(C)[C@H](N)C(=O)N(C)CC1(N(C)C)CCC1. The Morgan fingerprint density at radius 1 is 1.33 bits per heavy atom. The second-order valence-corrected chi connectivity index (χ2v) is 6.08. The number of nitrogens with two attached hydrogens (primary N) is 1. The predicted molar refractivity (Wildman–Crippen MR) is 75.3 cm³/mol. The summed E-state index contributed by atoms with van der Waals surface area (Å²) in [6.45, 7) is 4.91. The first-order chi connectivity index (χ1) is 8.34. The van der Waals surface area contributed by atoms with E-state index in [2.05, 4.69) is 25.9 Å². The van der Waals surface area contributed by atoms with E-state index in [1.165, 1.54) is 19.3 Å². The van der Waals surface area contributed by atoms with Crippen LogP contribution in [-0.4, -0.2) is 55.0 Å². The highest BCUT2D eigenvalue weighted by Gasteiger charge is 2.41. The predicted octanol–water partition coefficient (Wildman–Crippen LogP) is 1.30. The topological polar surface area (TPSA) is 49.6 Å². The molecule has 4 nitrogen and oxygen atoms in total. The Bertz CT molecular complexity index is 287. The van der Waals surface area contributed by atoms with Gasteiger partial charge in [0.1, 0.15) is 0 Å². The van der Waals surface area contributed by atoms with Gasteiger partial charge in [0.25, 0.3) is 0 Å². The molecule has 1 fully saturated rings. The average molecular weight is 255 g/mol. The van der Waals surface area contributed by atoms with Crippen LogP contribution in [0.1, 0.15) is 39.5 Å². The van der Waals surface area contributed by atoms with Gasteiger partial charge in [-0.15, -0.1) is 0 Å².